The number of nitrogens with zero attached hydrogens (tertiary/aromatic N) is 2. The van der Waals surface area contributed by atoms with Crippen molar-refractivity contribution in [1.82, 2.24) is 4.40 Å². The lowest BCUT2D eigenvalue weighted by molar-refractivity contribution is 1.28. The molecule has 0 spiro atoms. The molecule has 0 aliphatic carbocycles. The zero-order valence-corrected chi connectivity index (χ0v) is 27.4. The molecule has 0 radical (unpaired) electrons. The summed E-state index contributed by atoms with van der Waals surface area (Å²) in [5.74, 6) is 0. The number of hydrogen-bond acceptors (Lipinski definition) is 1. The molecule has 0 N–H and O–H groups in total. The normalized spacial score (nSPS) is 11.6. The van der Waals surface area contributed by atoms with Gasteiger partial charge >= 0.3 is 0 Å². The minimum Gasteiger partial charge on any atom is -0.311 e. The van der Waals surface area contributed by atoms with Gasteiger partial charge in [-0.25, -0.2) is 0 Å². The third-order valence-electron chi connectivity index (χ3n) is 10.1. The summed E-state index contributed by atoms with van der Waals surface area (Å²) in [5.41, 5.74) is 14.4. The molecule has 2 aromatic heterocycles. The van der Waals surface area contributed by atoms with E-state index < -0.39 is 0 Å². The Morgan fingerprint density at radius 2 is 0.680 bits per heavy atom. The van der Waals surface area contributed by atoms with Crippen molar-refractivity contribution in [2.24, 2.45) is 0 Å². The molecule has 0 saturated heterocycles. The van der Waals surface area contributed by atoms with Crippen molar-refractivity contribution in [1.29, 1.82) is 0 Å². The summed E-state index contributed by atoms with van der Waals surface area (Å²) < 4.78 is 2.45. The summed E-state index contributed by atoms with van der Waals surface area (Å²) in [6.45, 7) is 0. The fourth-order valence-electron chi connectivity index (χ4n) is 7.73. The average Bonchev–Trinajstić information content (AvgIpc) is 3.72. The monoisotopic (exact) mass is 636 g/mol. The lowest BCUT2D eigenvalue weighted by Crippen LogP contribution is -2.09. The summed E-state index contributed by atoms with van der Waals surface area (Å²) in [4.78, 5) is 2.34. The van der Waals surface area contributed by atoms with Crippen LogP contribution in [0, 0.1) is 0 Å². The molecule has 50 heavy (non-hydrogen) atoms. The molecule has 2 nitrogen and oxygen atoms in total. The molecule has 0 fully saturated rings. The Balaban J connectivity index is 1.06. The van der Waals surface area contributed by atoms with Gasteiger partial charge in [0.15, 0.2) is 0 Å². The molecule has 0 saturated carbocycles. The smallest absolute Gasteiger partial charge is 0.0620 e. The maximum absolute atomic E-state index is 2.45. The van der Waals surface area contributed by atoms with Gasteiger partial charge in [0.1, 0.15) is 0 Å². The van der Waals surface area contributed by atoms with Gasteiger partial charge < -0.3 is 9.30 Å². The largest absolute Gasteiger partial charge is 0.311 e. The van der Waals surface area contributed by atoms with Gasteiger partial charge in [-0.15, -0.1) is 0 Å². The summed E-state index contributed by atoms with van der Waals surface area (Å²) in [7, 11) is 0. The highest BCUT2D eigenvalue weighted by atomic mass is 15.1. The molecule has 10 rings (SSSR count). The van der Waals surface area contributed by atoms with Crippen molar-refractivity contribution >= 4 is 55.2 Å². The topological polar surface area (TPSA) is 7.65 Å². The Labute approximate surface area is 291 Å². The summed E-state index contributed by atoms with van der Waals surface area (Å²) >= 11 is 0. The molecule has 0 amide bonds. The van der Waals surface area contributed by atoms with Gasteiger partial charge in [0, 0.05) is 38.6 Å². The molecule has 0 aliphatic rings. The van der Waals surface area contributed by atoms with Gasteiger partial charge in [0.05, 0.1) is 16.6 Å². The Bertz CT molecular complexity index is 2680. The fourth-order valence-corrected chi connectivity index (χ4v) is 7.73. The second-order valence-corrected chi connectivity index (χ2v) is 13.0. The van der Waals surface area contributed by atoms with Crippen LogP contribution in [-0.4, -0.2) is 4.40 Å². The van der Waals surface area contributed by atoms with E-state index in [1.54, 1.807) is 0 Å². The SMILES string of the molecule is c1ccc(-c2ccc(N(c3ccc(-c4ccccc4)cc3)c3ccc(-c4ccc5c6cccc7c8ccccc8n(c5c4)c76)cc3)cc2)cc1. The molecular formula is C48H32N2. The first-order valence-electron chi connectivity index (χ1n) is 17.2. The van der Waals surface area contributed by atoms with E-state index in [0.29, 0.717) is 0 Å². The fraction of sp³-hybridized carbons (Fsp3) is 0. The molecular weight excluding hydrogens is 605 g/mol. The molecule has 0 bridgehead atoms. The van der Waals surface area contributed by atoms with Crippen LogP contribution in [0.2, 0.25) is 0 Å². The van der Waals surface area contributed by atoms with Gasteiger partial charge in [-0.1, -0.05) is 146 Å². The third-order valence-corrected chi connectivity index (χ3v) is 10.1. The Kier molecular flexibility index (Phi) is 6.53. The van der Waals surface area contributed by atoms with Crippen LogP contribution in [0.5, 0.6) is 0 Å². The first-order valence-corrected chi connectivity index (χ1v) is 17.2. The van der Waals surface area contributed by atoms with Crippen molar-refractivity contribution in [2.75, 3.05) is 4.90 Å². The number of rotatable bonds is 6. The molecule has 8 aromatic carbocycles. The number of aromatic nitrogens is 1. The first kappa shape index (κ1) is 28.4. The zero-order chi connectivity index (χ0) is 33.0. The average molecular weight is 637 g/mol. The highest BCUT2D eigenvalue weighted by Crippen LogP contribution is 2.41. The van der Waals surface area contributed by atoms with E-state index in [9.17, 15) is 0 Å². The van der Waals surface area contributed by atoms with E-state index in [2.05, 4.69) is 203 Å². The predicted octanol–water partition coefficient (Wildman–Crippen LogP) is 13.3. The highest BCUT2D eigenvalue weighted by Gasteiger charge is 2.18. The van der Waals surface area contributed by atoms with E-state index >= 15 is 0 Å². The maximum atomic E-state index is 2.45. The highest BCUT2D eigenvalue weighted by molar-refractivity contribution is 6.23. The van der Waals surface area contributed by atoms with Crippen LogP contribution < -0.4 is 4.90 Å². The van der Waals surface area contributed by atoms with Crippen LogP contribution in [0.15, 0.2) is 194 Å². The maximum Gasteiger partial charge on any atom is 0.0620 e. The standard InChI is InChI=1S/C48H32N2/c1-3-10-33(11-4-1)35-18-25-39(26-19-35)49(40-27-20-36(21-28-40)34-12-5-2-6-13-34)41-29-22-37(23-30-41)38-24-31-43-45-16-9-15-44-42-14-7-8-17-46(42)50(48(44)45)47(43)32-38/h1-32H. The number of benzene rings is 8. The van der Waals surface area contributed by atoms with E-state index in [4.69, 9.17) is 0 Å². The van der Waals surface area contributed by atoms with E-state index in [-0.39, 0.29) is 0 Å². The Hall–Kier alpha value is -6.64. The second kappa shape index (κ2) is 11.5. The number of anilines is 3. The molecule has 0 atom stereocenters. The van der Waals surface area contributed by atoms with Gasteiger partial charge in [0.2, 0.25) is 0 Å². The van der Waals surface area contributed by atoms with Gasteiger partial charge in [-0.05, 0) is 81.9 Å². The Morgan fingerprint density at radius 3 is 1.22 bits per heavy atom. The minimum absolute atomic E-state index is 1.11. The predicted molar refractivity (Wildman–Crippen MR) is 212 cm³/mol. The van der Waals surface area contributed by atoms with Crippen molar-refractivity contribution in [3.63, 3.8) is 0 Å². The van der Waals surface area contributed by atoms with E-state index in [1.807, 2.05) is 0 Å². The van der Waals surface area contributed by atoms with Crippen molar-refractivity contribution in [2.45, 2.75) is 0 Å². The van der Waals surface area contributed by atoms with Crippen LogP contribution >= 0.6 is 0 Å². The summed E-state index contributed by atoms with van der Waals surface area (Å²) in [6, 6.07) is 70.3. The lowest BCUT2D eigenvalue weighted by atomic mass is 10.0. The zero-order valence-electron chi connectivity index (χ0n) is 27.4. The number of fused-ring (bicyclic) bond motifs is 6. The Morgan fingerprint density at radius 1 is 0.280 bits per heavy atom. The minimum atomic E-state index is 1.11. The second-order valence-electron chi connectivity index (χ2n) is 13.0. The van der Waals surface area contributed by atoms with Crippen LogP contribution in [-0.2, 0) is 0 Å². The summed E-state index contributed by atoms with van der Waals surface area (Å²) in [6.07, 6.45) is 0. The van der Waals surface area contributed by atoms with Gasteiger partial charge in [0.25, 0.3) is 0 Å². The van der Waals surface area contributed by atoms with Crippen LogP contribution in [0.3, 0.4) is 0 Å². The van der Waals surface area contributed by atoms with Gasteiger partial charge in [-0.3, -0.25) is 0 Å². The first-order chi connectivity index (χ1) is 24.8. The van der Waals surface area contributed by atoms with Crippen LogP contribution in [0.1, 0.15) is 0 Å². The van der Waals surface area contributed by atoms with E-state index in [0.717, 1.165) is 17.1 Å². The van der Waals surface area contributed by atoms with E-state index in [1.165, 1.54) is 71.5 Å². The van der Waals surface area contributed by atoms with Crippen molar-refractivity contribution in [3.8, 4) is 33.4 Å². The molecule has 0 aliphatic heterocycles. The number of hydrogen-bond donors (Lipinski definition) is 0. The molecule has 234 valence electrons. The molecule has 0 unspecified atom stereocenters. The molecule has 10 aromatic rings. The summed E-state index contributed by atoms with van der Waals surface area (Å²) in [5, 5.41) is 5.22. The quantitative estimate of drug-likeness (QED) is 0.176. The number of para-hydroxylation sites is 2. The van der Waals surface area contributed by atoms with Gasteiger partial charge in [-0.2, -0.15) is 0 Å². The van der Waals surface area contributed by atoms with Crippen molar-refractivity contribution in [3.05, 3.63) is 194 Å². The lowest BCUT2D eigenvalue weighted by Gasteiger charge is -2.26. The van der Waals surface area contributed by atoms with Crippen molar-refractivity contribution < 1.29 is 0 Å². The molecule has 2 heteroatoms. The van der Waals surface area contributed by atoms with Crippen LogP contribution in [0.4, 0.5) is 17.1 Å². The van der Waals surface area contributed by atoms with Crippen LogP contribution in [0.25, 0.3) is 71.5 Å². The third kappa shape index (κ3) is 4.57. The molecule has 2 heterocycles.